The second kappa shape index (κ2) is 3.21. The molecule has 0 spiro atoms. The number of nitrogens with zero attached hydrogens (tertiary/aromatic N) is 2. The van der Waals surface area contributed by atoms with Crippen LogP contribution < -0.4 is 0 Å². The first-order valence-electron chi connectivity index (χ1n) is 3.00. The third-order valence-corrected chi connectivity index (χ3v) is 1.21. The Kier molecular flexibility index (Phi) is 2.27. The van der Waals surface area contributed by atoms with Gasteiger partial charge in [-0.15, -0.1) is 0 Å². The first-order valence-corrected chi connectivity index (χ1v) is 3.00. The summed E-state index contributed by atoms with van der Waals surface area (Å²) in [5, 5.41) is 10.1. The van der Waals surface area contributed by atoms with Gasteiger partial charge >= 0.3 is 0 Å². The Hall–Kier alpha value is -1.59. The number of pyridine rings is 1. The molecule has 1 aromatic heterocycles. The molecule has 0 aromatic carbocycles. The summed E-state index contributed by atoms with van der Waals surface area (Å²) < 4.78 is 23.7. The summed E-state index contributed by atoms with van der Waals surface area (Å²) in [6.07, 6.45) is -1.88. The average Bonchev–Trinajstić information content (AvgIpc) is 2.04. The van der Waals surface area contributed by atoms with Crippen LogP contribution in [-0.4, -0.2) is 9.91 Å². The molecule has 6 heteroatoms. The highest BCUT2D eigenvalue weighted by atomic mass is 19.3. The van der Waals surface area contributed by atoms with Gasteiger partial charge in [-0.25, -0.2) is 13.8 Å². The SMILES string of the molecule is O=[N+]([O-])c1ccc(C(F)F)nc1. The summed E-state index contributed by atoms with van der Waals surface area (Å²) in [5.41, 5.74) is -0.750. The van der Waals surface area contributed by atoms with Gasteiger partial charge in [0.2, 0.25) is 0 Å². The van der Waals surface area contributed by atoms with E-state index < -0.39 is 17.0 Å². The van der Waals surface area contributed by atoms with Crippen molar-refractivity contribution < 1.29 is 13.7 Å². The molecule has 0 aliphatic heterocycles. The van der Waals surface area contributed by atoms with Crippen molar-refractivity contribution in [2.24, 2.45) is 0 Å². The molecule has 64 valence electrons. The molecule has 0 aliphatic rings. The smallest absolute Gasteiger partial charge is 0.258 e. The maximum Gasteiger partial charge on any atom is 0.287 e. The Morgan fingerprint density at radius 1 is 1.50 bits per heavy atom. The molecule has 0 N–H and O–H groups in total. The first kappa shape index (κ1) is 8.51. The maximum absolute atomic E-state index is 11.9. The maximum atomic E-state index is 11.9. The molecule has 4 nitrogen and oxygen atoms in total. The summed E-state index contributed by atoms with van der Waals surface area (Å²) in [6, 6.07) is 1.93. The minimum atomic E-state index is -2.69. The van der Waals surface area contributed by atoms with E-state index in [0.717, 1.165) is 18.3 Å². The zero-order valence-corrected chi connectivity index (χ0v) is 5.78. The summed E-state index contributed by atoms with van der Waals surface area (Å²) in [5.74, 6) is 0. The molecule has 0 atom stereocenters. The summed E-state index contributed by atoms with van der Waals surface area (Å²) >= 11 is 0. The van der Waals surface area contributed by atoms with Crippen LogP contribution in [0.15, 0.2) is 18.3 Å². The minimum absolute atomic E-state index is 0.292. The van der Waals surface area contributed by atoms with E-state index in [9.17, 15) is 18.9 Å². The Bertz CT molecular complexity index is 286. The van der Waals surface area contributed by atoms with Gasteiger partial charge in [0.05, 0.1) is 4.92 Å². The van der Waals surface area contributed by atoms with Gasteiger partial charge in [-0.3, -0.25) is 10.1 Å². The third-order valence-electron chi connectivity index (χ3n) is 1.21. The van der Waals surface area contributed by atoms with Crippen LogP contribution in [0.4, 0.5) is 14.5 Å². The molecule has 1 rings (SSSR count). The Morgan fingerprint density at radius 2 is 2.17 bits per heavy atom. The number of rotatable bonds is 2. The van der Waals surface area contributed by atoms with Gasteiger partial charge in [-0.1, -0.05) is 0 Å². The molecule has 1 heterocycles. The molecular formula is C6H4F2N2O2. The molecule has 0 unspecified atom stereocenters. The number of hydrogen-bond acceptors (Lipinski definition) is 3. The lowest BCUT2D eigenvalue weighted by atomic mass is 10.3. The fourth-order valence-electron chi connectivity index (χ4n) is 0.635. The zero-order valence-electron chi connectivity index (χ0n) is 5.78. The van der Waals surface area contributed by atoms with Gasteiger partial charge < -0.3 is 0 Å². The van der Waals surface area contributed by atoms with Crippen molar-refractivity contribution in [3.05, 3.63) is 34.1 Å². The molecule has 0 amide bonds. The van der Waals surface area contributed by atoms with E-state index >= 15 is 0 Å². The first-order chi connectivity index (χ1) is 5.61. The van der Waals surface area contributed by atoms with Crippen molar-refractivity contribution in [1.82, 2.24) is 4.98 Å². The number of nitro groups is 1. The molecule has 0 radical (unpaired) electrons. The number of aromatic nitrogens is 1. The lowest BCUT2D eigenvalue weighted by molar-refractivity contribution is -0.385. The van der Waals surface area contributed by atoms with Gasteiger partial charge in [0.15, 0.2) is 0 Å². The number of alkyl halides is 2. The predicted octanol–water partition coefficient (Wildman–Crippen LogP) is 1.93. The third kappa shape index (κ3) is 1.71. The Morgan fingerprint density at radius 3 is 2.50 bits per heavy atom. The average molecular weight is 174 g/mol. The van der Waals surface area contributed by atoms with Gasteiger partial charge in [-0.2, -0.15) is 0 Å². The molecule has 1 aromatic rings. The lowest BCUT2D eigenvalue weighted by Crippen LogP contribution is -1.92. The van der Waals surface area contributed by atoms with Crippen LogP contribution >= 0.6 is 0 Å². The van der Waals surface area contributed by atoms with E-state index in [1.54, 1.807) is 0 Å². The lowest BCUT2D eigenvalue weighted by Gasteiger charge is -1.95. The highest BCUT2D eigenvalue weighted by molar-refractivity contribution is 5.26. The minimum Gasteiger partial charge on any atom is -0.258 e. The van der Waals surface area contributed by atoms with Gasteiger partial charge in [-0.05, 0) is 6.07 Å². The van der Waals surface area contributed by atoms with Crippen molar-refractivity contribution in [3.63, 3.8) is 0 Å². The van der Waals surface area contributed by atoms with Gasteiger partial charge in [0.25, 0.3) is 12.1 Å². The molecule has 0 bridgehead atoms. The molecule has 0 saturated carbocycles. The van der Waals surface area contributed by atoms with E-state index in [4.69, 9.17) is 0 Å². The van der Waals surface area contributed by atoms with Gasteiger partial charge in [0.1, 0.15) is 11.9 Å². The fourth-order valence-corrected chi connectivity index (χ4v) is 0.635. The van der Waals surface area contributed by atoms with Crippen LogP contribution in [0.3, 0.4) is 0 Å². The van der Waals surface area contributed by atoms with E-state index in [-0.39, 0.29) is 5.69 Å². The molecule has 0 saturated heterocycles. The topological polar surface area (TPSA) is 56.0 Å². The quantitative estimate of drug-likeness (QED) is 0.508. The van der Waals surface area contributed by atoms with Crippen molar-refractivity contribution in [1.29, 1.82) is 0 Å². The Labute approximate surface area is 66.0 Å². The van der Waals surface area contributed by atoms with Crippen LogP contribution in [0.2, 0.25) is 0 Å². The summed E-state index contributed by atoms with van der Waals surface area (Å²) in [7, 11) is 0. The zero-order chi connectivity index (χ0) is 9.14. The van der Waals surface area contributed by atoms with Crippen molar-refractivity contribution in [2.75, 3.05) is 0 Å². The summed E-state index contributed by atoms with van der Waals surface area (Å²) in [6.45, 7) is 0. The highest BCUT2D eigenvalue weighted by Gasteiger charge is 2.11. The molecule has 0 aliphatic carbocycles. The Balaban J connectivity index is 2.93. The van der Waals surface area contributed by atoms with Crippen LogP contribution in [0.5, 0.6) is 0 Å². The van der Waals surface area contributed by atoms with Crippen LogP contribution in [0.1, 0.15) is 12.1 Å². The normalized spacial score (nSPS) is 10.2. The second-order valence-corrected chi connectivity index (χ2v) is 2.00. The van der Waals surface area contributed by atoms with Crippen LogP contribution in [0.25, 0.3) is 0 Å². The van der Waals surface area contributed by atoms with E-state index in [2.05, 4.69) is 4.98 Å². The van der Waals surface area contributed by atoms with E-state index in [1.165, 1.54) is 0 Å². The number of halogens is 2. The molecular weight excluding hydrogens is 170 g/mol. The standard InChI is InChI=1S/C6H4F2N2O2/c7-6(8)5-2-1-4(3-9-5)10(11)12/h1-3,6H. The van der Waals surface area contributed by atoms with Crippen LogP contribution in [-0.2, 0) is 0 Å². The van der Waals surface area contributed by atoms with Crippen molar-refractivity contribution in [2.45, 2.75) is 6.43 Å². The predicted molar refractivity (Wildman–Crippen MR) is 35.8 cm³/mol. The summed E-state index contributed by atoms with van der Waals surface area (Å²) in [4.78, 5) is 12.6. The van der Waals surface area contributed by atoms with E-state index in [1.807, 2.05) is 0 Å². The molecule has 0 fully saturated rings. The fraction of sp³-hybridized carbons (Fsp3) is 0.167. The second-order valence-electron chi connectivity index (χ2n) is 2.00. The van der Waals surface area contributed by atoms with Crippen LogP contribution in [0, 0.1) is 10.1 Å². The largest absolute Gasteiger partial charge is 0.287 e. The van der Waals surface area contributed by atoms with Crippen molar-refractivity contribution in [3.8, 4) is 0 Å². The monoisotopic (exact) mass is 174 g/mol. The van der Waals surface area contributed by atoms with E-state index in [0.29, 0.717) is 0 Å². The highest BCUT2D eigenvalue weighted by Crippen LogP contribution is 2.17. The van der Waals surface area contributed by atoms with Gasteiger partial charge in [0, 0.05) is 6.07 Å². The number of hydrogen-bond donors (Lipinski definition) is 0. The van der Waals surface area contributed by atoms with Crippen molar-refractivity contribution >= 4 is 5.69 Å². The molecule has 12 heavy (non-hydrogen) atoms.